The molecule has 1 amide bonds. The zero-order valence-electron chi connectivity index (χ0n) is 9.75. The summed E-state index contributed by atoms with van der Waals surface area (Å²) in [6, 6.07) is 5.80. The maximum atomic E-state index is 12.4. The molecule has 1 aromatic carbocycles. The average molecular weight is 408 g/mol. The highest BCUT2D eigenvalue weighted by molar-refractivity contribution is 14.1. The van der Waals surface area contributed by atoms with Gasteiger partial charge >= 0.3 is 0 Å². The second-order valence-corrected chi connectivity index (χ2v) is 6.51. The smallest absolute Gasteiger partial charge is 0.254 e. The van der Waals surface area contributed by atoms with E-state index in [1.54, 1.807) is 0 Å². The molecular formula is C13H15BrINO. The van der Waals surface area contributed by atoms with Crippen LogP contribution in [0.5, 0.6) is 0 Å². The van der Waals surface area contributed by atoms with Gasteiger partial charge in [0.15, 0.2) is 0 Å². The van der Waals surface area contributed by atoms with Gasteiger partial charge in [-0.2, -0.15) is 0 Å². The van der Waals surface area contributed by atoms with Crippen LogP contribution in [-0.2, 0) is 0 Å². The molecular weight excluding hydrogens is 393 g/mol. The first-order valence-electron chi connectivity index (χ1n) is 5.83. The summed E-state index contributed by atoms with van der Waals surface area (Å²) >= 11 is 5.70. The highest BCUT2D eigenvalue weighted by Gasteiger charge is 2.23. The van der Waals surface area contributed by atoms with Gasteiger partial charge in [-0.3, -0.25) is 4.79 Å². The fourth-order valence-corrected chi connectivity index (χ4v) is 3.01. The van der Waals surface area contributed by atoms with Crippen molar-refractivity contribution in [3.8, 4) is 0 Å². The van der Waals surface area contributed by atoms with Gasteiger partial charge in [0.25, 0.3) is 5.91 Å². The number of amides is 1. The summed E-state index contributed by atoms with van der Waals surface area (Å²) in [4.78, 5) is 14.4. The summed E-state index contributed by atoms with van der Waals surface area (Å²) in [7, 11) is 0. The molecule has 92 valence electrons. The number of carbonyl (C=O) groups excluding carboxylic acids is 1. The Hall–Kier alpha value is -0.100. The molecule has 0 radical (unpaired) electrons. The second-order valence-electron chi connectivity index (χ2n) is 4.58. The molecule has 0 saturated carbocycles. The lowest BCUT2D eigenvalue weighted by Gasteiger charge is -2.30. The fraction of sp³-hybridized carbons (Fsp3) is 0.462. The van der Waals surface area contributed by atoms with Crippen LogP contribution in [0.4, 0.5) is 0 Å². The van der Waals surface area contributed by atoms with E-state index in [-0.39, 0.29) is 5.91 Å². The molecule has 1 saturated heterocycles. The molecule has 0 bridgehead atoms. The van der Waals surface area contributed by atoms with Crippen molar-refractivity contribution in [3.05, 3.63) is 31.8 Å². The summed E-state index contributed by atoms with van der Waals surface area (Å²) in [5.74, 6) is 0.920. The van der Waals surface area contributed by atoms with Gasteiger partial charge in [-0.05, 0) is 69.4 Å². The monoisotopic (exact) mass is 407 g/mol. The van der Waals surface area contributed by atoms with Gasteiger partial charge in [0.2, 0.25) is 0 Å². The van der Waals surface area contributed by atoms with Gasteiger partial charge < -0.3 is 4.90 Å². The lowest BCUT2D eigenvalue weighted by atomic mass is 9.98. The molecule has 0 aromatic heterocycles. The number of piperidine rings is 1. The van der Waals surface area contributed by atoms with Crippen LogP contribution in [0.25, 0.3) is 0 Å². The van der Waals surface area contributed by atoms with E-state index in [0.717, 1.165) is 45.5 Å². The van der Waals surface area contributed by atoms with Gasteiger partial charge in [-0.25, -0.2) is 0 Å². The summed E-state index contributed by atoms with van der Waals surface area (Å²) in [5.41, 5.74) is 0.814. The van der Waals surface area contributed by atoms with Gasteiger partial charge in [-0.1, -0.05) is 13.0 Å². The first-order chi connectivity index (χ1) is 8.09. The molecule has 0 aliphatic carbocycles. The summed E-state index contributed by atoms with van der Waals surface area (Å²) in [5, 5.41) is 0. The van der Waals surface area contributed by atoms with Crippen LogP contribution in [0.3, 0.4) is 0 Å². The summed E-state index contributed by atoms with van der Waals surface area (Å²) in [6.07, 6.45) is 2.24. The molecule has 1 aliphatic heterocycles. The minimum atomic E-state index is 0.169. The maximum Gasteiger partial charge on any atom is 0.254 e. The van der Waals surface area contributed by atoms with Crippen LogP contribution in [-0.4, -0.2) is 23.9 Å². The molecule has 1 aromatic rings. The van der Waals surface area contributed by atoms with E-state index < -0.39 is 0 Å². The van der Waals surface area contributed by atoms with Gasteiger partial charge in [0.05, 0.1) is 5.56 Å². The van der Waals surface area contributed by atoms with Crippen molar-refractivity contribution >= 4 is 44.4 Å². The third-order valence-electron chi connectivity index (χ3n) is 3.25. The van der Waals surface area contributed by atoms with Crippen LogP contribution in [0.2, 0.25) is 0 Å². The van der Waals surface area contributed by atoms with Crippen LogP contribution in [0, 0.1) is 9.49 Å². The third kappa shape index (κ3) is 3.02. The molecule has 0 atom stereocenters. The quantitative estimate of drug-likeness (QED) is 0.646. The lowest BCUT2D eigenvalue weighted by Crippen LogP contribution is -2.38. The summed E-state index contributed by atoms with van der Waals surface area (Å²) in [6.45, 7) is 4.04. The van der Waals surface area contributed by atoms with E-state index in [1.165, 1.54) is 0 Å². The molecule has 1 aliphatic rings. The van der Waals surface area contributed by atoms with Crippen LogP contribution in [0.1, 0.15) is 30.1 Å². The number of likely N-dealkylation sites (tertiary alicyclic amines) is 1. The Bertz CT molecular complexity index is 427. The Morgan fingerprint density at radius 2 is 2.06 bits per heavy atom. The Kier molecular flexibility index (Phi) is 4.47. The fourth-order valence-electron chi connectivity index (χ4n) is 2.05. The Balaban J connectivity index is 2.17. The molecule has 0 N–H and O–H groups in total. The number of rotatable bonds is 1. The van der Waals surface area contributed by atoms with Crippen LogP contribution in [0.15, 0.2) is 22.7 Å². The number of hydrogen-bond donors (Lipinski definition) is 0. The van der Waals surface area contributed by atoms with Crippen molar-refractivity contribution in [2.45, 2.75) is 19.8 Å². The summed E-state index contributed by atoms with van der Waals surface area (Å²) < 4.78 is 2.00. The molecule has 2 rings (SSSR count). The average Bonchev–Trinajstić information content (AvgIpc) is 2.33. The molecule has 2 nitrogen and oxygen atoms in total. The molecule has 1 fully saturated rings. The van der Waals surface area contributed by atoms with Gasteiger partial charge in [0.1, 0.15) is 0 Å². The normalized spacial score (nSPS) is 17.2. The minimum Gasteiger partial charge on any atom is -0.339 e. The Morgan fingerprint density at radius 3 is 2.71 bits per heavy atom. The molecule has 0 unspecified atom stereocenters. The zero-order valence-corrected chi connectivity index (χ0v) is 13.5. The molecule has 1 heterocycles. The predicted octanol–water partition coefficient (Wildman–Crippen LogP) is 3.93. The first-order valence-corrected chi connectivity index (χ1v) is 7.70. The largest absolute Gasteiger partial charge is 0.339 e. The van der Waals surface area contributed by atoms with Crippen LogP contribution >= 0.6 is 38.5 Å². The molecule has 17 heavy (non-hydrogen) atoms. The van der Waals surface area contributed by atoms with E-state index in [2.05, 4.69) is 45.4 Å². The number of nitrogens with zero attached hydrogens (tertiary/aromatic N) is 1. The van der Waals surface area contributed by atoms with Crippen molar-refractivity contribution in [1.29, 1.82) is 0 Å². The van der Waals surface area contributed by atoms with E-state index in [4.69, 9.17) is 0 Å². The van der Waals surface area contributed by atoms with Crippen molar-refractivity contribution in [2.24, 2.45) is 5.92 Å². The number of benzene rings is 1. The topological polar surface area (TPSA) is 20.3 Å². The van der Waals surface area contributed by atoms with Crippen molar-refractivity contribution in [1.82, 2.24) is 4.90 Å². The first kappa shape index (κ1) is 13.3. The number of halogens is 2. The predicted molar refractivity (Wildman–Crippen MR) is 81.2 cm³/mol. The van der Waals surface area contributed by atoms with E-state index in [9.17, 15) is 4.79 Å². The highest BCUT2D eigenvalue weighted by atomic mass is 127. The highest BCUT2D eigenvalue weighted by Crippen LogP contribution is 2.25. The Morgan fingerprint density at radius 1 is 1.41 bits per heavy atom. The zero-order chi connectivity index (χ0) is 12.4. The molecule has 4 heteroatoms. The van der Waals surface area contributed by atoms with Crippen molar-refractivity contribution < 1.29 is 4.79 Å². The van der Waals surface area contributed by atoms with Gasteiger partial charge in [0, 0.05) is 21.1 Å². The number of carbonyl (C=O) groups is 1. The maximum absolute atomic E-state index is 12.4. The minimum absolute atomic E-state index is 0.169. The van der Waals surface area contributed by atoms with E-state index >= 15 is 0 Å². The SMILES string of the molecule is CC1CCN(C(=O)c2cccc(Br)c2I)CC1. The van der Waals surface area contributed by atoms with Crippen molar-refractivity contribution in [2.75, 3.05) is 13.1 Å². The second kappa shape index (κ2) is 5.69. The van der Waals surface area contributed by atoms with Gasteiger partial charge in [-0.15, -0.1) is 0 Å². The number of hydrogen-bond acceptors (Lipinski definition) is 1. The molecule has 0 spiro atoms. The van der Waals surface area contributed by atoms with Crippen molar-refractivity contribution in [3.63, 3.8) is 0 Å². The lowest BCUT2D eigenvalue weighted by molar-refractivity contribution is 0.0696. The third-order valence-corrected chi connectivity index (χ3v) is 5.82. The van der Waals surface area contributed by atoms with Crippen LogP contribution < -0.4 is 0 Å². The Labute approximate surface area is 124 Å². The van der Waals surface area contributed by atoms with E-state index in [0.29, 0.717) is 0 Å². The standard InChI is InChI=1S/C13H15BrINO/c1-9-5-7-16(8-6-9)13(17)10-3-2-4-11(14)12(10)15/h2-4,9H,5-8H2,1H3. The van der Waals surface area contributed by atoms with E-state index in [1.807, 2.05) is 23.1 Å².